The van der Waals surface area contributed by atoms with Gasteiger partial charge in [-0.15, -0.1) is 0 Å². The summed E-state index contributed by atoms with van der Waals surface area (Å²) in [5.41, 5.74) is 7.97. The molecule has 20 heavy (non-hydrogen) atoms. The minimum absolute atomic E-state index is 0.540. The van der Waals surface area contributed by atoms with Gasteiger partial charge in [0.2, 0.25) is 0 Å². The second-order valence-corrected chi connectivity index (χ2v) is 5.81. The third-order valence-corrected chi connectivity index (χ3v) is 4.02. The molecular weight excluding hydrogens is 246 g/mol. The molecule has 1 aromatic carbocycles. The number of nitrogens with one attached hydrogen (secondary N) is 2. The highest BCUT2D eigenvalue weighted by molar-refractivity contribution is 6.15. The van der Waals surface area contributed by atoms with E-state index in [0.29, 0.717) is 5.92 Å². The topological polar surface area (TPSA) is 44.5 Å². The van der Waals surface area contributed by atoms with Crippen LogP contribution in [0.5, 0.6) is 0 Å². The van der Waals surface area contributed by atoms with Gasteiger partial charge in [-0.1, -0.05) is 26.0 Å². The second kappa shape index (κ2) is 3.85. The molecule has 0 spiro atoms. The minimum Gasteiger partial charge on any atom is -0.351 e. The molecule has 0 saturated carbocycles. The van der Waals surface area contributed by atoms with Gasteiger partial charge in [-0.3, -0.25) is 0 Å². The summed E-state index contributed by atoms with van der Waals surface area (Å²) in [6, 6.07) is 10.8. The van der Waals surface area contributed by atoms with Crippen molar-refractivity contribution in [2.45, 2.75) is 26.7 Å². The number of pyridine rings is 1. The maximum absolute atomic E-state index is 4.65. The Hall–Kier alpha value is -2.29. The molecular formula is C17H17N3. The van der Waals surface area contributed by atoms with Crippen molar-refractivity contribution in [1.29, 1.82) is 0 Å². The fourth-order valence-electron chi connectivity index (χ4n) is 2.86. The maximum Gasteiger partial charge on any atom is 0.112 e. The first-order chi connectivity index (χ1) is 9.63. The molecule has 0 aliphatic rings. The Kier molecular flexibility index (Phi) is 2.22. The van der Waals surface area contributed by atoms with Crippen molar-refractivity contribution in [2.75, 3.05) is 0 Å². The van der Waals surface area contributed by atoms with Crippen LogP contribution in [0.3, 0.4) is 0 Å². The lowest BCUT2D eigenvalue weighted by Crippen LogP contribution is -1.86. The van der Waals surface area contributed by atoms with Gasteiger partial charge in [0.1, 0.15) is 5.52 Å². The molecule has 0 bridgehead atoms. The van der Waals surface area contributed by atoms with E-state index in [1.165, 1.54) is 16.5 Å². The fraction of sp³-hybridized carbons (Fsp3) is 0.235. The predicted octanol–water partition coefficient (Wildman–Crippen LogP) is 4.63. The van der Waals surface area contributed by atoms with E-state index in [1.54, 1.807) is 0 Å². The van der Waals surface area contributed by atoms with Crippen LogP contribution in [0.1, 0.15) is 31.0 Å². The van der Waals surface area contributed by atoms with E-state index in [-0.39, 0.29) is 0 Å². The monoisotopic (exact) mass is 263 g/mol. The number of fused-ring (bicyclic) bond motifs is 5. The van der Waals surface area contributed by atoms with Gasteiger partial charge in [0.15, 0.2) is 0 Å². The van der Waals surface area contributed by atoms with Gasteiger partial charge in [0.25, 0.3) is 0 Å². The van der Waals surface area contributed by atoms with Crippen molar-refractivity contribution >= 4 is 33.0 Å². The molecule has 100 valence electrons. The van der Waals surface area contributed by atoms with Crippen LogP contribution in [-0.2, 0) is 0 Å². The standard InChI is InChI=1S/C17H17N3/c1-9(2)11-5-6-12-14(8-11)20-17-15(12)19-13-7-4-10(3)18-16(13)17/h4-9,19-20H,1-3H3. The number of aromatic nitrogens is 3. The Bertz CT molecular complexity index is 941. The van der Waals surface area contributed by atoms with E-state index in [4.69, 9.17) is 0 Å². The number of aryl methyl sites for hydroxylation is 1. The molecule has 3 aromatic heterocycles. The number of aromatic amines is 2. The molecule has 0 radical (unpaired) electrons. The lowest BCUT2D eigenvalue weighted by atomic mass is 10.0. The largest absolute Gasteiger partial charge is 0.351 e. The molecule has 4 rings (SSSR count). The van der Waals surface area contributed by atoms with Crippen molar-refractivity contribution in [1.82, 2.24) is 15.0 Å². The maximum atomic E-state index is 4.65. The number of rotatable bonds is 1. The van der Waals surface area contributed by atoms with E-state index >= 15 is 0 Å². The molecule has 0 aliphatic heterocycles. The number of hydrogen-bond donors (Lipinski definition) is 2. The first-order valence-corrected chi connectivity index (χ1v) is 7.04. The third kappa shape index (κ3) is 1.49. The smallest absolute Gasteiger partial charge is 0.112 e. The molecule has 4 aromatic rings. The predicted molar refractivity (Wildman–Crippen MR) is 84.3 cm³/mol. The van der Waals surface area contributed by atoms with Crippen LogP contribution in [-0.4, -0.2) is 15.0 Å². The number of benzene rings is 1. The summed E-state index contributed by atoms with van der Waals surface area (Å²) < 4.78 is 0. The minimum atomic E-state index is 0.540. The summed E-state index contributed by atoms with van der Waals surface area (Å²) in [5, 5.41) is 1.24. The van der Waals surface area contributed by atoms with Crippen molar-refractivity contribution < 1.29 is 0 Å². The highest BCUT2D eigenvalue weighted by Gasteiger charge is 2.12. The van der Waals surface area contributed by atoms with Crippen LogP contribution < -0.4 is 0 Å². The zero-order valence-corrected chi connectivity index (χ0v) is 11.9. The number of H-pyrrole nitrogens is 2. The van der Waals surface area contributed by atoms with Gasteiger partial charge >= 0.3 is 0 Å². The van der Waals surface area contributed by atoms with Crippen LogP contribution in [0.25, 0.3) is 33.0 Å². The summed E-state index contributed by atoms with van der Waals surface area (Å²) in [7, 11) is 0. The average molecular weight is 263 g/mol. The van der Waals surface area contributed by atoms with Crippen molar-refractivity contribution in [2.24, 2.45) is 0 Å². The summed E-state index contributed by atoms with van der Waals surface area (Å²) >= 11 is 0. The van der Waals surface area contributed by atoms with E-state index in [9.17, 15) is 0 Å². The quantitative estimate of drug-likeness (QED) is 0.516. The van der Waals surface area contributed by atoms with Crippen molar-refractivity contribution in [3.63, 3.8) is 0 Å². The zero-order valence-electron chi connectivity index (χ0n) is 11.9. The van der Waals surface area contributed by atoms with Crippen LogP contribution in [0.2, 0.25) is 0 Å². The van der Waals surface area contributed by atoms with E-state index in [1.807, 2.05) is 13.0 Å². The molecule has 0 atom stereocenters. The Morgan fingerprint density at radius 3 is 2.55 bits per heavy atom. The zero-order chi connectivity index (χ0) is 13.9. The lowest BCUT2D eigenvalue weighted by Gasteiger charge is -2.04. The van der Waals surface area contributed by atoms with Crippen molar-refractivity contribution in [3.05, 3.63) is 41.6 Å². The van der Waals surface area contributed by atoms with E-state index in [0.717, 1.165) is 27.8 Å². The molecule has 2 N–H and O–H groups in total. The van der Waals surface area contributed by atoms with Gasteiger partial charge in [-0.2, -0.15) is 0 Å². The first kappa shape index (κ1) is 11.5. The van der Waals surface area contributed by atoms with Gasteiger partial charge in [0, 0.05) is 16.6 Å². The summed E-state index contributed by atoms with van der Waals surface area (Å²) in [5.74, 6) is 0.540. The lowest BCUT2D eigenvalue weighted by molar-refractivity contribution is 0.868. The number of hydrogen-bond acceptors (Lipinski definition) is 1. The van der Waals surface area contributed by atoms with Crippen LogP contribution >= 0.6 is 0 Å². The molecule has 0 fully saturated rings. The first-order valence-electron chi connectivity index (χ1n) is 7.04. The summed E-state index contributed by atoms with van der Waals surface area (Å²) in [6.07, 6.45) is 0. The van der Waals surface area contributed by atoms with Gasteiger partial charge < -0.3 is 9.97 Å². The number of nitrogens with zero attached hydrogens (tertiary/aromatic N) is 1. The summed E-state index contributed by atoms with van der Waals surface area (Å²) in [6.45, 7) is 6.46. The third-order valence-electron chi connectivity index (χ3n) is 4.02. The normalized spacial score (nSPS) is 12.2. The van der Waals surface area contributed by atoms with Gasteiger partial charge in [-0.25, -0.2) is 4.98 Å². The molecule has 0 saturated heterocycles. The van der Waals surface area contributed by atoms with Gasteiger partial charge in [0.05, 0.1) is 16.6 Å². The van der Waals surface area contributed by atoms with Crippen LogP contribution in [0.4, 0.5) is 0 Å². The van der Waals surface area contributed by atoms with E-state index < -0.39 is 0 Å². The second-order valence-electron chi connectivity index (χ2n) is 5.81. The average Bonchev–Trinajstić information content (AvgIpc) is 2.94. The molecule has 0 amide bonds. The Morgan fingerprint density at radius 2 is 1.75 bits per heavy atom. The van der Waals surface area contributed by atoms with E-state index in [2.05, 4.69) is 53.1 Å². The van der Waals surface area contributed by atoms with Crippen LogP contribution in [0, 0.1) is 6.92 Å². The Morgan fingerprint density at radius 1 is 0.950 bits per heavy atom. The Labute approximate surface area is 117 Å². The highest BCUT2D eigenvalue weighted by Crippen LogP contribution is 2.31. The molecule has 3 heteroatoms. The summed E-state index contributed by atoms with van der Waals surface area (Å²) in [4.78, 5) is 11.7. The SMILES string of the molecule is Cc1ccc2[nH]c3c4ccc(C(C)C)cc4[nH]c3c2n1. The Balaban J connectivity index is 2.11. The highest BCUT2D eigenvalue weighted by atomic mass is 14.9. The fourth-order valence-corrected chi connectivity index (χ4v) is 2.86. The molecule has 0 aliphatic carbocycles. The van der Waals surface area contributed by atoms with Gasteiger partial charge in [-0.05, 0) is 36.6 Å². The van der Waals surface area contributed by atoms with Crippen LogP contribution in [0.15, 0.2) is 30.3 Å². The van der Waals surface area contributed by atoms with Crippen molar-refractivity contribution in [3.8, 4) is 0 Å². The molecule has 3 nitrogen and oxygen atoms in total. The molecule has 3 heterocycles. The molecule has 0 unspecified atom stereocenters.